The number of ether oxygens (including phenoxy) is 1. The van der Waals surface area contributed by atoms with E-state index in [-0.39, 0.29) is 5.91 Å². The summed E-state index contributed by atoms with van der Waals surface area (Å²) in [6.07, 6.45) is 1.02. The highest BCUT2D eigenvalue weighted by Crippen LogP contribution is 2.19. The number of hydrogen-bond donors (Lipinski definition) is 1. The fourth-order valence-corrected chi connectivity index (χ4v) is 1.42. The molecular weight excluding hydrogens is 277 g/mol. The Kier molecular flexibility index (Phi) is 5.42. The molecule has 0 aliphatic heterocycles. The van der Waals surface area contributed by atoms with Crippen LogP contribution in [-0.4, -0.2) is 19.6 Å². The maximum Gasteiger partial charge on any atom is 0.224 e. The van der Waals surface area contributed by atoms with E-state index in [1.54, 1.807) is 19.2 Å². The van der Waals surface area contributed by atoms with E-state index < -0.39 is 5.82 Å². The van der Waals surface area contributed by atoms with Gasteiger partial charge in [0.2, 0.25) is 5.91 Å². The van der Waals surface area contributed by atoms with Crippen LogP contribution in [0.4, 0.5) is 10.1 Å². The third kappa shape index (κ3) is 4.28. The van der Waals surface area contributed by atoms with Crippen LogP contribution in [0.1, 0.15) is 12.8 Å². The predicted molar refractivity (Wildman–Crippen MR) is 63.8 cm³/mol. The van der Waals surface area contributed by atoms with Crippen LogP contribution in [0.25, 0.3) is 0 Å². The lowest BCUT2D eigenvalue weighted by Crippen LogP contribution is -2.12. The highest BCUT2D eigenvalue weighted by Gasteiger charge is 2.04. The van der Waals surface area contributed by atoms with Crippen molar-refractivity contribution in [3.8, 4) is 0 Å². The molecule has 0 aliphatic rings. The normalized spacial score (nSPS) is 10.2. The molecule has 0 unspecified atom stereocenters. The number of halogens is 2. The van der Waals surface area contributed by atoms with Gasteiger partial charge in [0.25, 0.3) is 0 Å². The summed E-state index contributed by atoms with van der Waals surface area (Å²) in [6.45, 7) is 0.544. The first-order valence-electron chi connectivity index (χ1n) is 4.87. The summed E-state index contributed by atoms with van der Waals surface area (Å²) in [5.74, 6) is -0.534. The van der Waals surface area contributed by atoms with Gasteiger partial charge in [-0.1, -0.05) is 0 Å². The SMILES string of the molecule is COCCCC(=O)Nc1ccc(Br)c(F)c1. The lowest BCUT2D eigenvalue weighted by atomic mass is 10.2. The quantitative estimate of drug-likeness (QED) is 0.847. The van der Waals surface area contributed by atoms with Crippen molar-refractivity contribution in [2.75, 3.05) is 19.0 Å². The summed E-state index contributed by atoms with van der Waals surface area (Å²) in [7, 11) is 1.59. The Balaban J connectivity index is 2.46. The Hall–Kier alpha value is -0.940. The van der Waals surface area contributed by atoms with Crippen LogP contribution in [0.5, 0.6) is 0 Å². The van der Waals surface area contributed by atoms with E-state index in [2.05, 4.69) is 21.2 Å². The van der Waals surface area contributed by atoms with Crippen LogP contribution >= 0.6 is 15.9 Å². The van der Waals surface area contributed by atoms with Gasteiger partial charge in [0.1, 0.15) is 5.82 Å². The van der Waals surface area contributed by atoms with Gasteiger partial charge >= 0.3 is 0 Å². The van der Waals surface area contributed by atoms with Gasteiger partial charge < -0.3 is 10.1 Å². The molecule has 0 spiro atoms. The second-order valence-corrected chi connectivity index (χ2v) is 4.13. The summed E-state index contributed by atoms with van der Waals surface area (Å²) in [6, 6.07) is 4.47. The zero-order chi connectivity index (χ0) is 12.0. The molecule has 0 aliphatic carbocycles. The van der Waals surface area contributed by atoms with Crippen molar-refractivity contribution >= 4 is 27.5 Å². The highest BCUT2D eigenvalue weighted by atomic mass is 79.9. The van der Waals surface area contributed by atoms with Gasteiger partial charge in [-0.2, -0.15) is 0 Å². The van der Waals surface area contributed by atoms with E-state index in [1.807, 2.05) is 0 Å². The van der Waals surface area contributed by atoms with Gasteiger partial charge in [-0.15, -0.1) is 0 Å². The summed E-state index contributed by atoms with van der Waals surface area (Å²) in [4.78, 5) is 11.4. The minimum atomic E-state index is -0.394. The molecule has 0 radical (unpaired) electrons. The monoisotopic (exact) mass is 289 g/mol. The average Bonchev–Trinajstić information content (AvgIpc) is 2.24. The van der Waals surface area contributed by atoms with Crippen LogP contribution in [0.3, 0.4) is 0 Å². The first-order chi connectivity index (χ1) is 7.63. The second kappa shape index (κ2) is 6.60. The second-order valence-electron chi connectivity index (χ2n) is 3.27. The third-order valence-electron chi connectivity index (χ3n) is 1.96. The van der Waals surface area contributed by atoms with Crippen molar-refractivity contribution in [1.29, 1.82) is 0 Å². The molecule has 0 saturated carbocycles. The zero-order valence-corrected chi connectivity index (χ0v) is 10.5. The van der Waals surface area contributed by atoms with Gasteiger partial charge in [0.15, 0.2) is 0 Å². The van der Waals surface area contributed by atoms with Crippen LogP contribution < -0.4 is 5.32 Å². The molecule has 16 heavy (non-hydrogen) atoms. The van der Waals surface area contributed by atoms with Gasteiger partial charge in [0, 0.05) is 25.8 Å². The summed E-state index contributed by atoms with van der Waals surface area (Å²) < 4.78 is 18.3. The number of hydrogen-bond acceptors (Lipinski definition) is 2. The number of rotatable bonds is 5. The molecule has 0 saturated heterocycles. The lowest BCUT2D eigenvalue weighted by molar-refractivity contribution is -0.116. The van der Waals surface area contributed by atoms with Crippen molar-refractivity contribution in [3.05, 3.63) is 28.5 Å². The van der Waals surface area contributed by atoms with E-state index in [0.29, 0.717) is 29.6 Å². The van der Waals surface area contributed by atoms with Crippen molar-refractivity contribution in [1.82, 2.24) is 0 Å². The van der Waals surface area contributed by atoms with Crippen LogP contribution in [0.15, 0.2) is 22.7 Å². The van der Waals surface area contributed by atoms with E-state index in [1.165, 1.54) is 6.07 Å². The lowest BCUT2D eigenvalue weighted by Gasteiger charge is -2.05. The summed E-state index contributed by atoms with van der Waals surface area (Å²) >= 11 is 3.04. The van der Waals surface area contributed by atoms with Crippen LogP contribution in [-0.2, 0) is 9.53 Å². The molecular formula is C11H13BrFNO2. The molecule has 0 atom stereocenters. The maximum atomic E-state index is 13.1. The molecule has 1 rings (SSSR count). The largest absolute Gasteiger partial charge is 0.385 e. The standard InChI is InChI=1S/C11H13BrFNO2/c1-16-6-2-3-11(15)14-8-4-5-9(12)10(13)7-8/h4-5,7H,2-3,6H2,1H3,(H,14,15). The molecule has 1 aromatic carbocycles. The van der Waals surface area contributed by atoms with Crippen molar-refractivity contribution in [2.24, 2.45) is 0 Å². The predicted octanol–water partition coefficient (Wildman–Crippen LogP) is 2.95. The Morgan fingerprint density at radius 2 is 2.31 bits per heavy atom. The van der Waals surface area contributed by atoms with Crippen molar-refractivity contribution < 1.29 is 13.9 Å². The third-order valence-corrected chi connectivity index (χ3v) is 2.60. The molecule has 0 heterocycles. The number of carbonyl (C=O) groups is 1. The van der Waals surface area contributed by atoms with Gasteiger partial charge in [0.05, 0.1) is 4.47 Å². The molecule has 3 nitrogen and oxygen atoms in total. The molecule has 0 aromatic heterocycles. The fraction of sp³-hybridized carbons (Fsp3) is 0.364. The minimum Gasteiger partial charge on any atom is -0.385 e. The van der Waals surface area contributed by atoms with E-state index >= 15 is 0 Å². The molecule has 0 fully saturated rings. The number of benzene rings is 1. The maximum absolute atomic E-state index is 13.1. The average molecular weight is 290 g/mol. The van der Waals surface area contributed by atoms with E-state index in [9.17, 15) is 9.18 Å². The number of methoxy groups -OCH3 is 1. The number of nitrogens with one attached hydrogen (secondary N) is 1. The number of anilines is 1. The molecule has 5 heteroatoms. The van der Waals surface area contributed by atoms with Crippen molar-refractivity contribution in [3.63, 3.8) is 0 Å². The summed E-state index contributed by atoms with van der Waals surface area (Å²) in [5.41, 5.74) is 0.461. The topological polar surface area (TPSA) is 38.3 Å². The van der Waals surface area contributed by atoms with Gasteiger partial charge in [-0.3, -0.25) is 4.79 Å². The van der Waals surface area contributed by atoms with Crippen molar-refractivity contribution in [2.45, 2.75) is 12.8 Å². The number of carbonyl (C=O) groups excluding carboxylic acids is 1. The molecule has 1 amide bonds. The van der Waals surface area contributed by atoms with Gasteiger partial charge in [-0.05, 0) is 40.5 Å². The first kappa shape index (κ1) is 13.1. The Labute approximate surface area is 102 Å². The van der Waals surface area contributed by atoms with Gasteiger partial charge in [-0.25, -0.2) is 4.39 Å². The summed E-state index contributed by atoms with van der Waals surface area (Å²) in [5, 5.41) is 2.61. The van der Waals surface area contributed by atoms with E-state index in [4.69, 9.17) is 4.74 Å². The van der Waals surface area contributed by atoms with Crippen LogP contribution in [0, 0.1) is 5.82 Å². The number of amides is 1. The highest BCUT2D eigenvalue weighted by molar-refractivity contribution is 9.10. The Bertz CT molecular complexity index is 371. The fourth-order valence-electron chi connectivity index (χ4n) is 1.17. The smallest absolute Gasteiger partial charge is 0.224 e. The molecule has 0 bridgehead atoms. The Morgan fingerprint density at radius 3 is 2.94 bits per heavy atom. The molecule has 1 aromatic rings. The van der Waals surface area contributed by atoms with Crippen LogP contribution in [0.2, 0.25) is 0 Å². The first-order valence-corrected chi connectivity index (χ1v) is 5.66. The van der Waals surface area contributed by atoms with E-state index in [0.717, 1.165) is 0 Å². The molecule has 1 N–H and O–H groups in total. The zero-order valence-electron chi connectivity index (χ0n) is 8.93. The Morgan fingerprint density at radius 1 is 1.56 bits per heavy atom. The molecule has 88 valence electrons. The minimum absolute atomic E-state index is 0.140.